The second-order valence-corrected chi connectivity index (χ2v) is 10.3. The summed E-state index contributed by atoms with van der Waals surface area (Å²) in [4.78, 5) is 7.39. The predicted molar refractivity (Wildman–Crippen MR) is 129 cm³/mol. The van der Waals surface area contributed by atoms with Gasteiger partial charge in [0.05, 0.1) is 17.6 Å². The van der Waals surface area contributed by atoms with Crippen molar-refractivity contribution in [1.29, 1.82) is 0 Å². The smallest absolute Gasteiger partial charge is 0.229 e. The Hall–Kier alpha value is -3.10. The summed E-state index contributed by atoms with van der Waals surface area (Å²) in [6.07, 6.45) is 1.14. The number of aromatic nitrogens is 1. The number of nitrogens with zero attached hydrogens (tertiary/aromatic N) is 1. The van der Waals surface area contributed by atoms with Crippen molar-refractivity contribution in [2.75, 3.05) is 30.0 Å². The summed E-state index contributed by atoms with van der Waals surface area (Å²) in [7, 11) is 0.380. The Morgan fingerprint density at radius 3 is 2.42 bits per heavy atom. The molecule has 0 fully saturated rings. The van der Waals surface area contributed by atoms with Gasteiger partial charge in [0.1, 0.15) is 5.75 Å². The summed E-state index contributed by atoms with van der Waals surface area (Å²) in [5, 5.41) is 11.1. The van der Waals surface area contributed by atoms with Gasteiger partial charge in [0, 0.05) is 46.0 Å². The van der Waals surface area contributed by atoms with Crippen LogP contribution in [0.1, 0.15) is 0 Å². The number of aromatic hydroxyl groups is 1. The molecule has 0 radical (unpaired) electrons. The Morgan fingerprint density at radius 2 is 1.74 bits per heavy atom. The molecule has 1 heterocycles. The first-order chi connectivity index (χ1) is 14.7. The van der Waals surface area contributed by atoms with Crippen molar-refractivity contribution in [2.24, 2.45) is 0 Å². The SMILES string of the molecule is CN(C)c1cc(-c2[nH]c3ccc(NS(C)(=O)=O)cc3c2Sc2ccccc2)ccc1O. The normalized spacial score (nSPS) is 11.6. The minimum atomic E-state index is -3.38. The molecule has 1 aromatic heterocycles. The van der Waals surface area contributed by atoms with Crippen LogP contribution in [0.2, 0.25) is 0 Å². The van der Waals surface area contributed by atoms with Crippen molar-refractivity contribution in [3.63, 3.8) is 0 Å². The van der Waals surface area contributed by atoms with Gasteiger partial charge in [-0.3, -0.25) is 4.72 Å². The Labute approximate surface area is 186 Å². The van der Waals surface area contributed by atoms with Crippen molar-refractivity contribution < 1.29 is 13.5 Å². The lowest BCUT2D eigenvalue weighted by Crippen LogP contribution is -2.09. The molecule has 8 heteroatoms. The summed E-state index contributed by atoms with van der Waals surface area (Å²) in [5.74, 6) is 0.210. The summed E-state index contributed by atoms with van der Waals surface area (Å²) in [5.41, 5.74) is 3.95. The molecule has 0 aliphatic rings. The molecule has 4 aromatic rings. The number of hydrogen-bond acceptors (Lipinski definition) is 5. The number of fused-ring (bicyclic) bond motifs is 1. The molecule has 31 heavy (non-hydrogen) atoms. The van der Waals surface area contributed by atoms with E-state index < -0.39 is 10.0 Å². The van der Waals surface area contributed by atoms with Gasteiger partial charge < -0.3 is 15.0 Å². The molecule has 0 aliphatic heterocycles. The molecule has 0 saturated heterocycles. The van der Waals surface area contributed by atoms with Gasteiger partial charge in [0.15, 0.2) is 0 Å². The number of hydrogen-bond donors (Lipinski definition) is 3. The van der Waals surface area contributed by atoms with Gasteiger partial charge in [-0.15, -0.1) is 0 Å². The highest BCUT2D eigenvalue weighted by Gasteiger charge is 2.17. The first-order valence-electron chi connectivity index (χ1n) is 9.58. The highest BCUT2D eigenvalue weighted by molar-refractivity contribution is 7.99. The van der Waals surface area contributed by atoms with E-state index in [-0.39, 0.29) is 5.75 Å². The van der Waals surface area contributed by atoms with Gasteiger partial charge >= 0.3 is 0 Å². The fraction of sp³-hybridized carbons (Fsp3) is 0.130. The molecule has 0 atom stereocenters. The predicted octanol–water partition coefficient (Wildman–Crippen LogP) is 5.13. The number of rotatable bonds is 6. The van der Waals surface area contributed by atoms with Crippen LogP contribution in [0.25, 0.3) is 22.2 Å². The number of nitrogens with one attached hydrogen (secondary N) is 2. The van der Waals surface area contributed by atoms with E-state index in [1.165, 1.54) is 0 Å². The van der Waals surface area contributed by atoms with Crippen molar-refractivity contribution in [3.05, 3.63) is 66.7 Å². The maximum atomic E-state index is 11.7. The van der Waals surface area contributed by atoms with E-state index in [9.17, 15) is 13.5 Å². The second kappa shape index (κ2) is 8.20. The van der Waals surface area contributed by atoms with E-state index >= 15 is 0 Å². The number of phenols is 1. The molecule has 0 aliphatic carbocycles. The van der Waals surface area contributed by atoms with Crippen LogP contribution in [-0.4, -0.2) is 38.9 Å². The molecule has 0 amide bonds. The van der Waals surface area contributed by atoms with Crippen LogP contribution < -0.4 is 9.62 Å². The van der Waals surface area contributed by atoms with Gasteiger partial charge in [-0.25, -0.2) is 8.42 Å². The molecular weight excluding hydrogens is 430 g/mol. The van der Waals surface area contributed by atoms with E-state index in [1.54, 1.807) is 23.9 Å². The van der Waals surface area contributed by atoms with Crippen molar-refractivity contribution in [3.8, 4) is 17.0 Å². The third kappa shape index (κ3) is 4.65. The Morgan fingerprint density at radius 1 is 1.00 bits per heavy atom. The molecule has 3 N–H and O–H groups in total. The fourth-order valence-corrected chi connectivity index (χ4v) is 5.03. The van der Waals surface area contributed by atoms with Crippen LogP contribution in [-0.2, 0) is 10.0 Å². The standard InChI is InChI=1S/C23H23N3O3S2/c1-26(2)20-13-15(9-12-21(20)27)22-23(30-17-7-5-4-6-8-17)18-14-16(25-31(3,28)29)10-11-19(18)24-22/h4-14,24-25,27H,1-3H3. The zero-order chi connectivity index (χ0) is 22.2. The number of anilines is 2. The van der Waals surface area contributed by atoms with Crippen LogP contribution in [0.4, 0.5) is 11.4 Å². The number of phenolic OH excluding ortho intramolecular Hbond substituents is 1. The van der Waals surface area contributed by atoms with E-state index in [0.717, 1.165) is 38.2 Å². The zero-order valence-corrected chi connectivity index (χ0v) is 19.0. The van der Waals surface area contributed by atoms with Crippen LogP contribution in [0.5, 0.6) is 5.75 Å². The van der Waals surface area contributed by atoms with Crippen molar-refractivity contribution >= 4 is 44.1 Å². The van der Waals surface area contributed by atoms with Gasteiger partial charge in [-0.1, -0.05) is 30.0 Å². The van der Waals surface area contributed by atoms with Crippen LogP contribution in [0.3, 0.4) is 0 Å². The molecule has 0 unspecified atom stereocenters. The van der Waals surface area contributed by atoms with Crippen LogP contribution >= 0.6 is 11.8 Å². The third-order valence-corrected chi connectivity index (χ3v) is 6.51. The molecular formula is C23H23N3O3S2. The van der Waals surface area contributed by atoms with Gasteiger partial charge in [-0.2, -0.15) is 0 Å². The molecule has 0 bridgehead atoms. The monoisotopic (exact) mass is 453 g/mol. The molecule has 4 rings (SSSR count). The zero-order valence-electron chi connectivity index (χ0n) is 17.4. The summed E-state index contributed by atoms with van der Waals surface area (Å²) in [6, 6.07) is 21.0. The molecule has 3 aromatic carbocycles. The first-order valence-corrected chi connectivity index (χ1v) is 12.3. The molecule has 6 nitrogen and oxygen atoms in total. The maximum absolute atomic E-state index is 11.7. The number of H-pyrrole nitrogens is 1. The minimum absolute atomic E-state index is 0.210. The molecule has 160 valence electrons. The maximum Gasteiger partial charge on any atom is 0.229 e. The second-order valence-electron chi connectivity index (χ2n) is 7.48. The van der Waals surface area contributed by atoms with Gasteiger partial charge in [0.2, 0.25) is 10.0 Å². The van der Waals surface area contributed by atoms with E-state index in [4.69, 9.17) is 0 Å². The first kappa shape index (κ1) is 21.1. The van der Waals surface area contributed by atoms with Crippen LogP contribution in [0, 0.1) is 0 Å². The summed E-state index contributed by atoms with van der Waals surface area (Å²) < 4.78 is 26.0. The van der Waals surface area contributed by atoms with E-state index in [2.05, 4.69) is 9.71 Å². The van der Waals surface area contributed by atoms with Crippen molar-refractivity contribution in [1.82, 2.24) is 4.98 Å². The Kier molecular flexibility index (Phi) is 5.60. The topological polar surface area (TPSA) is 85.4 Å². The average molecular weight is 454 g/mol. The number of sulfonamides is 1. The lowest BCUT2D eigenvalue weighted by molar-refractivity contribution is 0.476. The Balaban J connectivity index is 1.91. The third-order valence-electron chi connectivity index (χ3n) is 4.76. The number of aromatic amines is 1. The summed E-state index contributed by atoms with van der Waals surface area (Å²) in [6.45, 7) is 0. The average Bonchev–Trinajstić information content (AvgIpc) is 3.05. The van der Waals surface area contributed by atoms with Gasteiger partial charge in [-0.05, 0) is 48.5 Å². The molecule has 0 spiro atoms. The highest BCUT2D eigenvalue weighted by atomic mass is 32.2. The minimum Gasteiger partial charge on any atom is -0.506 e. The van der Waals surface area contributed by atoms with Gasteiger partial charge in [0.25, 0.3) is 0 Å². The fourth-order valence-electron chi connectivity index (χ4n) is 3.40. The highest BCUT2D eigenvalue weighted by Crippen LogP contribution is 2.43. The largest absolute Gasteiger partial charge is 0.506 e. The summed E-state index contributed by atoms with van der Waals surface area (Å²) >= 11 is 1.61. The number of benzene rings is 3. The lowest BCUT2D eigenvalue weighted by Gasteiger charge is -2.15. The van der Waals surface area contributed by atoms with E-state index in [1.807, 2.05) is 73.6 Å². The quantitative estimate of drug-likeness (QED) is 0.377. The van der Waals surface area contributed by atoms with Crippen LogP contribution in [0.15, 0.2) is 76.5 Å². The lowest BCUT2D eigenvalue weighted by atomic mass is 10.1. The van der Waals surface area contributed by atoms with Crippen molar-refractivity contribution in [2.45, 2.75) is 9.79 Å². The Bertz CT molecular complexity index is 1350. The van der Waals surface area contributed by atoms with E-state index in [0.29, 0.717) is 11.4 Å². The molecule has 0 saturated carbocycles.